The molecule has 0 spiro atoms. The van der Waals surface area contributed by atoms with Crippen molar-refractivity contribution in [3.8, 4) is 0 Å². The molecular formula is C12H26N2O2. The van der Waals surface area contributed by atoms with Crippen molar-refractivity contribution >= 4 is 0 Å². The Morgan fingerprint density at radius 3 is 2.94 bits per heavy atom. The normalized spacial score (nSPS) is 30.9. The second kappa shape index (κ2) is 6.55. The minimum atomic E-state index is -0.358. The van der Waals surface area contributed by atoms with Gasteiger partial charge in [0.1, 0.15) is 0 Å². The molecule has 1 rings (SSSR count). The monoisotopic (exact) mass is 230 g/mol. The van der Waals surface area contributed by atoms with Crippen LogP contribution in [0.15, 0.2) is 0 Å². The van der Waals surface area contributed by atoms with E-state index >= 15 is 0 Å². The summed E-state index contributed by atoms with van der Waals surface area (Å²) in [5, 5.41) is 9.30. The molecular weight excluding hydrogens is 204 g/mol. The number of aliphatic hydroxyl groups excluding tert-OH is 1. The summed E-state index contributed by atoms with van der Waals surface area (Å²) < 4.78 is 5.35. The molecule has 1 saturated carbocycles. The van der Waals surface area contributed by atoms with Crippen LogP contribution in [0, 0.1) is 0 Å². The maximum Gasteiger partial charge on any atom is 0.0611 e. The Kier molecular flexibility index (Phi) is 5.69. The zero-order valence-corrected chi connectivity index (χ0v) is 10.6. The lowest BCUT2D eigenvalue weighted by Gasteiger charge is -2.40. The molecule has 2 atom stereocenters. The molecule has 0 aromatic carbocycles. The highest BCUT2D eigenvalue weighted by Gasteiger charge is 2.33. The smallest absolute Gasteiger partial charge is 0.0611 e. The molecule has 0 radical (unpaired) electrons. The van der Waals surface area contributed by atoms with Gasteiger partial charge in [-0.25, -0.2) is 0 Å². The van der Waals surface area contributed by atoms with E-state index in [9.17, 15) is 5.11 Å². The minimum absolute atomic E-state index is 0.100. The van der Waals surface area contributed by atoms with Crippen LogP contribution < -0.4 is 5.73 Å². The van der Waals surface area contributed by atoms with Crippen molar-refractivity contribution in [2.24, 2.45) is 5.73 Å². The maximum atomic E-state index is 9.30. The number of ether oxygens (including phenoxy) is 1. The first-order valence-corrected chi connectivity index (χ1v) is 6.29. The van der Waals surface area contributed by atoms with E-state index in [0.29, 0.717) is 6.04 Å². The maximum absolute atomic E-state index is 9.30. The van der Waals surface area contributed by atoms with E-state index in [4.69, 9.17) is 10.5 Å². The molecule has 0 amide bonds. The van der Waals surface area contributed by atoms with Crippen LogP contribution in [0.5, 0.6) is 0 Å². The van der Waals surface area contributed by atoms with E-state index in [-0.39, 0.29) is 12.1 Å². The molecule has 0 bridgehead atoms. The summed E-state index contributed by atoms with van der Waals surface area (Å²) in [4.78, 5) is 2.31. The zero-order valence-electron chi connectivity index (χ0n) is 10.6. The Bertz CT molecular complexity index is 201. The van der Waals surface area contributed by atoms with Gasteiger partial charge in [0.15, 0.2) is 0 Å². The van der Waals surface area contributed by atoms with Crippen LogP contribution in [0.4, 0.5) is 0 Å². The highest BCUT2D eigenvalue weighted by atomic mass is 16.5. The number of likely N-dealkylation sites (N-methyl/N-ethyl adjacent to an activating group) is 1. The van der Waals surface area contributed by atoms with Crippen molar-refractivity contribution in [3.05, 3.63) is 0 Å². The Labute approximate surface area is 98.8 Å². The van der Waals surface area contributed by atoms with Crippen molar-refractivity contribution in [2.45, 2.75) is 44.2 Å². The van der Waals surface area contributed by atoms with Crippen LogP contribution in [0.25, 0.3) is 0 Å². The van der Waals surface area contributed by atoms with Gasteiger partial charge in [-0.1, -0.05) is 0 Å². The first kappa shape index (κ1) is 13.9. The highest BCUT2D eigenvalue weighted by molar-refractivity contribution is 4.93. The average Bonchev–Trinajstić information content (AvgIpc) is 2.29. The van der Waals surface area contributed by atoms with Crippen molar-refractivity contribution in [2.75, 3.05) is 33.4 Å². The Morgan fingerprint density at radius 2 is 2.31 bits per heavy atom. The molecule has 0 aliphatic heterocycles. The lowest BCUT2D eigenvalue weighted by molar-refractivity contribution is 0.0673. The van der Waals surface area contributed by atoms with Crippen LogP contribution >= 0.6 is 0 Å². The molecule has 2 unspecified atom stereocenters. The van der Waals surface area contributed by atoms with Crippen LogP contribution in [-0.2, 0) is 4.74 Å². The summed E-state index contributed by atoms with van der Waals surface area (Å²) in [5.74, 6) is 0. The van der Waals surface area contributed by atoms with Crippen molar-refractivity contribution < 1.29 is 9.84 Å². The summed E-state index contributed by atoms with van der Waals surface area (Å²) in [6.45, 7) is 4.61. The van der Waals surface area contributed by atoms with E-state index in [0.717, 1.165) is 39.0 Å². The molecule has 0 saturated heterocycles. The average molecular weight is 230 g/mol. The Hall–Kier alpha value is -0.160. The molecule has 4 nitrogen and oxygen atoms in total. The predicted octanol–water partition coefficient (Wildman–Crippen LogP) is 0.587. The van der Waals surface area contributed by atoms with E-state index in [1.165, 1.54) is 6.42 Å². The SMILES string of the molecule is CCOCCN(C)C1CCCC(N)(CO)C1. The van der Waals surface area contributed by atoms with Gasteiger partial charge in [0.25, 0.3) is 0 Å². The molecule has 96 valence electrons. The molecule has 1 aliphatic carbocycles. The minimum Gasteiger partial charge on any atom is -0.394 e. The summed E-state index contributed by atoms with van der Waals surface area (Å²) >= 11 is 0. The second-order valence-electron chi connectivity index (χ2n) is 4.95. The fourth-order valence-corrected chi connectivity index (χ4v) is 2.42. The van der Waals surface area contributed by atoms with Gasteiger partial charge in [0.05, 0.1) is 13.2 Å². The summed E-state index contributed by atoms with van der Waals surface area (Å²) in [6.07, 6.45) is 4.13. The Morgan fingerprint density at radius 1 is 1.56 bits per heavy atom. The fourth-order valence-electron chi connectivity index (χ4n) is 2.42. The lowest BCUT2D eigenvalue weighted by atomic mass is 9.80. The molecule has 4 heteroatoms. The summed E-state index contributed by atoms with van der Waals surface area (Å²) in [5.41, 5.74) is 5.78. The van der Waals surface area contributed by atoms with Gasteiger partial charge in [-0.05, 0) is 39.7 Å². The standard InChI is InChI=1S/C12H26N2O2/c1-3-16-8-7-14(2)11-5-4-6-12(13,9-11)10-15/h11,15H,3-10,13H2,1-2H3. The van der Waals surface area contributed by atoms with Gasteiger partial charge in [-0.3, -0.25) is 0 Å². The van der Waals surface area contributed by atoms with Gasteiger partial charge in [-0.15, -0.1) is 0 Å². The number of hydrogen-bond acceptors (Lipinski definition) is 4. The van der Waals surface area contributed by atoms with Crippen LogP contribution in [0.3, 0.4) is 0 Å². The molecule has 0 heterocycles. The topological polar surface area (TPSA) is 58.7 Å². The molecule has 1 fully saturated rings. The van der Waals surface area contributed by atoms with Gasteiger partial charge < -0.3 is 20.5 Å². The third-order valence-corrected chi connectivity index (χ3v) is 3.58. The second-order valence-corrected chi connectivity index (χ2v) is 4.95. The molecule has 0 aromatic rings. The quantitative estimate of drug-likeness (QED) is 0.656. The number of hydrogen-bond donors (Lipinski definition) is 2. The van der Waals surface area contributed by atoms with Crippen molar-refractivity contribution in [1.82, 2.24) is 4.90 Å². The van der Waals surface area contributed by atoms with Gasteiger partial charge in [0.2, 0.25) is 0 Å². The Balaban J connectivity index is 2.35. The van der Waals surface area contributed by atoms with Gasteiger partial charge in [0, 0.05) is 24.7 Å². The van der Waals surface area contributed by atoms with Crippen molar-refractivity contribution in [3.63, 3.8) is 0 Å². The third-order valence-electron chi connectivity index (χ3n) is 3.58. The largest absolute Gasteiger partial charge is 0.394 e. The first-order valence-electron chi connectivity index (χ1n) is 6.29. The number of nitrogens with two attached hydrogens (primary N) is 1. The fraction of sp³-hybridized carbons (Fsp3) is 1.00. The van der Waals surface area contributed by atoms with E-state index in [1.807, 2.05) is 6.92 Å². The van der Waals surface area contributed by atoms with E-state index in [1.54, 1.807) is 0 Å². The van der Waals surface area contributed by atoms with Crippen LogP contribution in [0.1, 0.15) is 32.6 Å². The van der Waals surface area contributed by atoms with Gasteiger partial charge in [-0.2, -0.15) is 0 Å². The zero-order chi connectivity index (χ0) is 12.0. The molecule has 16 heavy (non-hydrogen) atoms. The first-order chi connectivity index (χ1) is 7.61. The summed E-state index contributed by atoms with van der Waals surface area (Å²) in [7, 11) is 2.12. The van der Waals surface area contributed by atoms with Gasteiger partial charge >= 0.3 is 0 Å². The van der Waals surface area contributed by atoms with Crippen molar-refractivity contribution in [1.29, 1.82) is 0 Å². The molecule has 3 N–H and O–H groups in total. The molecule has 1 aliphatic rings. The lowest BCUT2D eigenvalue weighted by Crippen LogP contribution is -2.52. The third kappa shape index (κ3) is 4.01. The van der Waals surface area contributed by atoms with E-state index < -0.39 is 0 Å². The van der Waals surface area contributed by atoms with Crippen LogP contribution in [-0.4, -0.2) is 55.0 Å². The number of rotatable bonds is 6. The highest BCUT2D eigenvalue weighted by Crippen LogP contribution is 2.28. The van der Waals surface area contributed by atoms with Crippen LogP contribution in [0.2, 0.25) is 0 Å². The molecule has 0 aromatic heterocycles. The number of nitrogens with zero attached hydrogens (tertiary/aromatic N) is 1. The summed E-state index contributed by atoms with van der Waals surface area (Å²) in [6, 6.07) is 0.492. The van der Waals surface area contributed by atoms with E-state index in [2.05, 4.69) is 11.9 Å². The number of aliphatic hydroxyl groups is 1. The predicted molar refractivity (Wildman–Crippen MR) is 65.4 cm³/mol.